The summed E-state index contributed by atoms with van der Waals surface area (Å²) in [7, 11) is 2.09. The maximum Gasteiger partial charge on any atom is 0.236 e. The van der Waals surface area contributed by atoms with Crippen LogP contribution < -0.4 is 5.73 Å². The zero-order chi connectivity index (χ0) is 14.1. The van der Waals surface area contributed by atoms with Crippen LogP contribution in [0.2, 0.25) is 0 Å². The number of amides is 1. The van der Waals surface area contributed by atoms with Gasteiger partial charge in [0.2, 0.25) is 5.91 Å². The molecule has 1 aromatic carbocycles. The lowest BCUT2D eigenvalue weighted by atomic mass is 10.1. The van der Waals surface area contributed by atoms with Gasteiger partial charge in [-0.2, -0.15) is 0 Å². The lowest BCUT2D eigenvalue weighted by molar-refractivity contribution is -0.134. The van der Waals surface area contributed by atoms with Gasteiger partial charge in [-0.05, 0) is 25.1 Å². The van der Waals surface area contributed by atoms with Gasteiger partial charge in [0.05, 0.1) is 11.3 Å². The number of rotatable bonds is 2. The van der Waals surface area contributed by atoms with E-state index >= 15 is 0 Å². The van der Waals surface area contributed by atoms with E-state index in [0.717, 1.165) is 26.1 Å². The largest absolute Gasteiger partial charge is 0.335 e. The smallest absolute Gasteiger partial charge is 0.236 e. The van der Waals surface area contributed by atoms with Gasteiger partial charge in [0.1, 0.15) is 0 Å². The number of carbonyl (C=O) groups is 1. The molecule has 0 spiro atoms. The zero-order valence-corrected chi connectivity index (χ0v) is 12.6. The Bertz CT molecular complexity index is 483. The van der Waals surface area contributed by atoms with Crippen molar-refractivity contribution in [3.05, 3.63) is 29.8 Å². The highest BCUT2D eigenvalue weighted by molar-refractivity contribution is 8.01. The summed E-state index contributed by atoms with van der Waals surface area (Å²) in [6.07, 6.45) is 0.851. The number of piperazine rings is 1. The summed E-state index contributed by atoms with van der Waals surface area (Å²) in [5.74, 6) is 0.259. The van der Waals surface area contributed by atoms with Gasteiger partial charge in [-0.1, -0.05) is 18.2 Å². The molecule has 2 aliphatic rings. The van der Waals surface area contributed by atoms with Gasteiger partial charge in [-0.25, -0.2) is 0 Å². The molecule has 0 aliphatic carbocycles. The summed E-state index contributed by atoms with van der Waals surface area (Å²) >= 11 is 1.71. The minimum Gasteiger partial charge on any atom is -0.335 e. The molecule has 20 heavy (non-hydrogen) atoms. The van der Waals surface area contributed by atoms with E-state index in [1.807, 2.05) is 17.0 Å². The Balaban J connectivity index is 1.71. The zero-order valence-electron chi connectivity index (χ0n) is 11.8. The number of nitrogens with two attached hydrogens (primary N) is 1. The van der Waals surface area contributed by atoms with Gasteiger partial charge in [-0.3, -0.25) is 4.79 Å². The molecule has 0 aromatic heterocycles. The van der Waals surface area contributed by atoms with Gasteiger partial charge < -0.3 is 15.5 Å². The van der Waals surface area contributed by atoms with Gasteiger partial charge in [0.25, 0.3) is 0 Å². The Morgan fingerprint density at radius 3 is 2.95 bits per heavy atom. The van der Waals surface area contributed by atoms with Crippen molar-refractivity contribution in [2.24, 2.45) is 5.73 Å². The highest BCUT2D eigenvalue weighted by Gasteiger charge is 2.35. The Labute approximate surface area is 124 Å². The highest BCUT2D eigenvalue weighted by Crippen LogP contribution is 2.37. The summed E-state index contributed by atoms with van der Waals surface area (Å²) < 4.78 is 0. The monoisotopic (exact) mass is 291 g/mol. The van der Waals surface area contributed by atoms with Crippen LogP contribution in [0.3, 0.4) is 0 Å². The Morgan fingerprint density at radius 1 is 1.40 bits per heavy atom. The van der Waals surface area contributed by atoms with Crippen molar-refractivity contribution in [1.29, 1.82) is 0 Å². The minimum atomic E-state index is 0.0323. The first-order valence-corrected chi connectivity index (χ1v) is 8.00. The first kappa shape index (κ1) is 13.9. The lowest BCUT2D eigenvalue weighted by Gasteiger charge is -2.40. The molecule has 0 radical (unpaired) electrons. The number of hydrogen-bond donors (Lipinski definition) is 1. The molecular formula is C15H21N3OS. The van der Waals surface area contributed by atoms with Gasteiger partial charge in [-0.15, -0.1) is 11.8 Å². The molecule has 5 heteroatoms. The maximum atomic E-state index is 12.8. The number of fused-ring (bicyclic) bond motifs is 1. The molecule has 1 amide bonds. The molecule has 0 bridgehead atoms. The molecule has 1 saturated heterocycles. The van der Waals surface area contributed by atoms with E-state index in [9.17, 15) is 4.79 Å². The average molecular weight is 291 g/mol. The summed E-state index contributed by atoms with van der Waals surface area (Å²) in [6.45, 7) is 3.16. The van der Waals surface area contributed by atoms with Gasteiger partial charge >= 0.3 is 0 Å². The van der Waals surface area contributed by atoms with Crippen molar-refractivity contribution in [3.8, 4) is 0 Å². The first-order valence-electron chi connectivity index (χ1n) is 7.12. The van der Waals surface area contributed by atoms with Gasteiger partial charge in [0.15, 0.2) is 0 Å². The van der Waals surface area contributed by atoms with E-state index < -0.39 is 0 Å². The van der Waals surface area contributed by atoms with Crippen LogP contribution >= 0.6 is 11.8 Å². The van der Waals surface area contributed by atoms with Crippen LogP contribution in [-0.4, -0.2) is 60.2 Å². The van der Waals surface area contributed by atoms with Crippen molar-refractivity contribution >= 4 is 17.7 Å². The summed E-state index contributed by atoms with van der Waals surface area (Å²) in [4.78, 5) is 18.3. The second-order valence-corrected chi connectivity index (χ2v) is 6.85. The molecule has 3 rings (SSSR count). The molecule has 1 fully saturated rings. The van der Waals surface area contributed by atoms with E-state index in [2.05, 4.69) is 24.1 Å². The van der Waals surface area contributed by atoms with Crippen LogP contribution in [0.15, 0.2) is 29.2 Å². The molecule has 0 saturated carbocycles. The summed E-state index contributed by atoms with van der Waals surface area (Å²) in [6, 6.07) is 8.48. The molecular weight excluding hydrogens is 270 g/mol. The van der Waals surface area contributed by atoms with E-state index in [-0.39, 0.29) is 17.2 Å². The van der Waals surface area contributed by atoms with Crippen LogP contribution in [0.4, 0.5) is 0 Å². The third-order valence-electron chi connectivity index (χ3n) is 4.16. The second kappa shape index (κ2) is 5.76. The SMILES string of the molecule is CN1CCN(C(=O)C2Cc3ccccc3S2)C(CN)C1. The van der Waals surface area contributed by atoms with Crippen LogP contribution in [0.5, 0.6) is 0 Å². The normalized spacial score (nSPS) is 26.6. The van der Waals surface area contributed by atoms with Crippen LogP contribution in [-0.2, 0) is 11.2 Å². The Kier molecular flexibility index (Phi) is 4.01. The fraction of sp³-hybridized carbons (Fsp3) is 0.533. The fourth-order valence-electron chi connectivity index (χ4n) is 3.01. The lowest BCUT2D eigenvalue weighted by Crippen LogP contribution is -2.58. The molecule has 2 atom stereocenters. The molecule has 2 N–H and O–H groups in total. The van der Waals surface area contributed by atoms with E-state index in [1.54, 1.807) is 11.8 Å². The Hall–Kier alpha value is -1.04. The number of likely N-dealkylation sites (N-methyl/N-ethyl adjacent to an activating group) is 1. The third-order valence-corrected chi connectivity index (χ3v) is 5.47. The molecule has 2 unspecified atom stereocenters. The van der Waals surface area contributed by atoms with Crippen molar-refractivity contribution in [2.45, 2.75) is 22.6 Å². The highest BCUT2D eigenvalue weighted by atomic mass is 32.2. The van der Waals surface area contributed by atoms with Gasteiger partial charge in [0, 0.05) is 31.1 Å². The predicted molar refractivity (Wildman–Crippen MR) is 81.8 cm³/mol. The molecule has 2 aliphatic heterocycles. The van der Waals surface area contributed by atoms with Crippen molar-refractivity contribution in [3.63, 3.8) is 0 Å². The minimum absolute atomic E-state index is 0.0323. The standard InChI is InChI=1S/C15H21N3OS/c1-17-6-7-18(12(9-16)10-17)15(19)14-8-11-4-2-3-5-13(11)20-14/h2-5,12,14H,6-10,16H2,1H3. The maximum absolute atomic E-state index is 12.8. The van der Waals surface area contributed by atoms with E-state index in [4.69, 9.17) is 5.73 Å². The number of benzene rings is 1. The molecule has 1 aromatic rings. The van der Waals surface area contributed by atoms with Crippen molar-refractivity contribution < 1.29 is 4.79 Å². The van der Waals surface area contributed by atoms with Crippen LogP contribution in [0.25, 0.3) is 0 Å². The van der Waals surface area contributed by atoms with Crippen molar-refractivity contribution in [1.82, 2.24) is 9.80 Å². The summed E-state index contributed by atoms with van der Waals surface area (Å²) in [5, 5.41) is 0.0323. The predicted octanol–water partition coefficient (Wildman–Crippen LogP) is 0.805. The molecule has 108 valence electrons. The molecule has 2 heterocycles. The van der Waals surface area contributed by atoms with Crippen LogP contribution in [0, 0.1) is 0 Å². The number of nitrogens with zero attached hydrogens (tertiary/aromatic N) is 2. The van der Waals surface area contributed by atoms with Crippen molar-refractivity contribution in [2.75, 3.05) is 33.2 Å². The van der Waals surface area contributed by atoms with E-state index in [1.165, 1.54) is 10.5 Å². The quantitative estimate of drug-likeness (QED) is 0.876. The fourth-order valence-corrected chi connectivity index (χ4v) is 4.27. The second-order valence-electron chi connectivity index (χ2n) is 5.60. The summed E-state index contributed by atoms with van der Waals surface area (Å²) in [5.41, 5.74) is 7.15. The number of hydrogen-bond acceptors (Lipinski definition) is 4. The topological polar surface area (TPSA) is 49.6 Å². The first-order chi connectivity index (χ1) is 9.69. The molecule has 4 nitrogen and oxygen atoms in total. The number of thioether (sulfide) groups is 1. The van der Waals surface area contributed by atoms with E-state index in [0.29, 0.717) is 6.54 Å². The Morgan fingerprint density at radius 2 is 2.20 bits per heavy atom. The van der Waals surface area contributed by atoms with Crippen LogP contribution in [0.1, 0.15) is 5.56 Å². The third kappa shape index (κ3) is 2.57. The average Bonchev–Trinajstić information content (AvgIpc) is 2.90. The number of carbonyl (C=O) groups excluding carboxylic acids is 1.